The zero-order valence-electron chi connectivity index (χ0n) is 12.5. The van der Waals surface area contributed by atoms with Gasteiger partial charge in [0, 0.05) is 38.4 Å². The molecule has 3 aliphatic rings. The van der Waals surface area contributed by atoms with E-state index in [1.807, 2.05) is 0 Å². The highest BCUT2D eigenvalue weighted by molar-refractivity contribution is 5.40. The summed E-state index contributed by atoms with van der Waals surface area (Å²) in [6.07, 6.45) is 8.66. The maximum absolute atomic E-state index is 13.9. The monoisotopic (exact) mass is 289 g/mol. The Morgan fingerprint density at radius 2 is 1.95 bits per heavy atom. The highest BCUT2D eigenvalue weighted by Crippen LogP contribution is 2.39. The van der Waals surface area contributed by atoms with Crippen LogP contribution < -0.4 is 4.90 Å². The minimum absolute atomic E-state index is 0.183. The minimum atomic E-state index is -0.183. The molecule has 0 N–H and O–H groups in total. The van der Waals surface area contributed by atoms with E-state index in [9.17, 15) is 4.39 Å². The van der Waals surface area contributed by atoms with E-state index in [2.05, 4.69) is 14.8 Å². The van der Waals surface area contributed by atoms with Gasteiger partial charge in [0.1, 0.15) is 0 Å². The third kappa shape index (κ3) is 2.54. The number of piperidine rings is 1. The van der Waals surface area contributed by atoms with Gasteiger partial charge in [0.2, 0.25) is 0 Å². The average Bonchev–Trinajstić information content (AvgIpc) is 2.53. The van der Waals surface area contributed by atoms with Gasteiger partial charge >= 0.3 is 0 Å². The largest absolute Gasteiger partial charge is 0.351 e. The van der Waals surface area contributed by atoms with Gasteiger partial charge in [-0.15, -0.1) is 0 Å². The van der Waals surface area contributed by atoms with E-state index < -0.39 is 0 Å². The fraction of sp³-hybridized carbons (Fsp3) is 0.706. The van der Waals surface area contributed by atoms with Crippen molar-refractivity contribution >= 4 is 5.82 Å². The Labute approximate surface area is 126 Å². The SMILES string of the molecule is Fc1cccnc1N1CCN2C[C@@H]3CCCC[C@@H]3C[C@@H]2C1. The molecule has 0 amide bonds. The number of aromatic nitrogens is 1. The molecule has 1 aromatic heterocycles. The van der Waals surface area contributed by atoms with Crippen LogP contribution >= 0.6 is 0 Å². The molecular formula is C17H24FN3. The maximum atomic E-state index is 13.9. The fourth-order valence-electron chi connectivity index (χ4n) is 4.65. The molecule has 3 heterocycles. The van der Waals surface area contributed by atoms with E-state index in [0.29, 0.717) is 11.9 Å². The van der Waals surface area contributed by atoms with Crippen LogP contribution in [0.2, 0.25) is 0 Å². The van der Waals surface area contributed by atoms with Crippen molar-refractivity contribution in [3.8, 4) is 0 Å². The molecule has 3 nitrogen and oxygen atoms in total. The summed E-state index contributed by atoms with van der Waals surface area (Å²) in [4.78, 5) is 9.06. The van der Waals surface area contributed by atoms with Gasteiger partial charge in [0.15, 0.2) is 11.6 Å². The third-order valence-electron chi connectivity index (χ3n) is 5.75. The third-order valence-corrected chi connectivity index (χ3v) is 5.75. The number of anilines is 1. The number of nitrogens with zero attached hydrogens (tertiary/aromatic N) is 3. The second-order valence-corrected chi connectivity index (χ2v) is 6.94. The van der Waals surface area contributed by atoms with Gasteiger partial charge < -0.3 is 4.90 Å². The first kappa shape index (κ1) is 13.5. The number of fused-ring (bicyclic) bond motifs is 2. The summed E-state index contributed by atoms with van der Waals surface area (Å²) in [5.74, 6) is 2.20. The topological polar surface area (TPSA) is 19.4 Å². The number of pyridine rings is 1. The predicted molar refractivity (Wildman–Crippen MR) is 81.8 cm³/mol. The van der Waals surface area contributed by atoms with Gasteiger partial charge in [-0.25, -0.2) is 9.37 Å². The van der Waals surface area contributed by atoms with E-state index in [4.69, 9.17) is 0 Å². The molecule has 4 rings (SSSR count). The van der Waals surface area contributed by atoms with Gasteiger partial charge in [-0.1, -0.05) is 19.3 Å². The fourth-order valence-corrected chi connectivity index (χ4v) is 4.65. The number of rotatable bonds is 1. The molecule has 3 fully saturated rings. The van der Waals surface area contributed by atoms with E-state index in [1.165, 1.54) is 44.7 Å². The minimum Gasteiger partial charge on any atom is -0.351 e. The van der Waals surface area contributed by atoms with Crippen molar-refractivity contribution in [2.45, 2.75) is 38.1 Å². The summed E-state index contributed by atoms with van der Waals surface area (Å²) >= 11 is 0. The Morgan fingerprint density at radius 1 is 1.10 bits per heavy atom. The Kier molecular flexibility index (Phi) is 3.57. The molecule has 21 heavy (non-hydrogen) atoms. The normalized spacial score (nSPS) is 33.4. The second-order valence-electron chi connectivity index (χ2n) is 6.94. The van der Waals surface area contributed by atoms with Gasteiger partial charge in [-0.05, 0) is 36.8 Å². The molecule has 0 spiro atoms. The van der Waals surface area contributed by atoms with Crippen LogP contribution in [0.5, 0.6) is 0 Å². The number of halogens is 1. The van der Waals surface area contributed by atoms with Crippen molar-refractivity contribution in [3.05, 3.63) is 24.1 Å². The molecular weight excluding hydrogens is 265 g/mol. The van der Waals surface area contributed by atoms with Crippen LogP contribution in [0.25, 0.3) is 0 Å². The Morgan fingerprint density at radius 3 is 2.81 bits per heavy atom. The van der Waals surface area contributed by atoms with Crippen LogP contribution in [0, 0.1) is 17.7 Å². The summed E-state index contributed by atoms with van der Waals surface area (Å²) < 4.78 is 13.9. The van der Waals surface area contributed by atoms with Crippen LogP contribution in [0.3, 0.4) is 0 Å². The molecule has 0 unspecified atom stereocenters. The van der Waals surface area contributed by atoms with Crippen molar-refractivity contribution < 1.29 is 4.39 Å². The number of hydrogen-bond acceptors (Lipinski definition) is 3. The molecule has 2 saturated heterocycles. The molecule has 1 saturated carbocycles. The lowest BCUT2D eigenvalue weighted by molar-refractivity contribution is 0.0318. The second kappa shape index (κ2) is 5.56. The first-order valence-electron chi connectivity index (χ1n) is 8.41. The smallest absolute Gasteiger partial charge is 0.165 e. The Balaban J connectivity index is 1.48. The lowest BCUT2D eigenvalue weighted by Gasteiger charge is -2.50. The molecule has 4 heteroatoms. The molecule has 3 atom stereocenters. The van der Waals surface area contributed by atoms with Crippen molar-refractivity contribution in [3.63, 3.8) is 0 Å². The van der Waals surface area contributed by atoms with Crippen molar-refractivity contribution in [2.24, 2.45) is 11.8 Å². The molecule has 114 valence electrons. The van der Waals surface area contributed by atoms with E-state index in [-0.39, 0.29) is 5.82 Å². The van der Waals surface area contributed by atoms with Gasteiger partial charge in [0.05, 0.1) is 0 Å². The molecule has 1 aliphatic carbocycles. The number of hydrogen-bond donors (Lipinski definition) is 0. The van der Waals surface area contributed by atoms with Gasteiger partial charge in [-0.3, -0.25) is 4.90 Å². The average molecular weight is 289 g/mol. The molecule has 0 bridgehead atoms. The zero-order valence-corrected chi connectivity index (χ0v) is 12.5. The van der Waals surface area contributed by atoms with E-state index in [1.54, 1.807) is 12.3 Å². The highest BCUT2D eigenvalue weighted by Gasteiger charge is 2.39. The summed E-state index contributed by atoms with van der Waals surface area (Å²) in [6, 6.07) is 3.79. The predicted octanol–water partition coefficient (Wildman–Crippen LogP) is 2.92. The van der Waals surface area contributed by atoms with E-state index in [0.717, 1.165) is 31.5 Å². The molecule has 1 aromatic rings. The van der Waals surface area contributed by atoms with Crippen LogP contribution in [0.4, 0.5) is 10.2 Å². The Bertz CT molecular complexity index is 507. The quantitative estimate of drug-likeness (QED) is 0.792. The van der Waals surface area contributed by atoms with Crippen LogP contribution in [0.1, 0.15) is 32.1 Å². The zero-order chi connectivity index (χ0) is 14.2. The van der Waals surface area contributed by atoms with Crippen LogP contribution in [-0.2, 0) is 0 Å². The van der Waals surface area contributed by atoms with Crippen molar-refractivity contribution in [1.82, 2.24) is 9.88 Å². The molecule has 0 aromatic carbocycles. The molecule has 2 aliphatic heterocycles. The van der Waals surface area contributed by atoms with Gasteiger partial charge in [0.25, 0.3) is 0 Å². The van der Waals surface area contributed by atoms with Gasteiger partial charge in [-0.2, -0.15) is 0 Å². The summed E-state index contributed by atoms with van der Waals surface area (Å²) in [7, 11) is 0. The first-order chi connectivity index (χ1) is 10.3. The lowest BCUT2D eigenvalue weighted by atomic mass is 9.72. The molecule has 0 radical (unpaired) electrons. The van der Waals surface area contributed by atoms with Crippen LogP contribution in [-0.4, -0.2) is 42.1 Å². The highest BCUT2D eigenvalue weighted by atomic mass is 19.1. The standard InChI is InChI=1S/C17H24FN3/c18-16-6-3-7-19-17(16)21-9-8-20-11-14-5-2-1-4-13(14)10-15(20)12-21/h3,6-7,13-15H,1-2,4-5,8-12H2/t13-,14+,15-/m1/s1. The van der Waals surface area contributed by atoms with Crippen LogP contribution in [0.15, 0.2) is 18.3 Å². The number of piperazine rings is 1. The first-order valence-corrected chi connectivity index (χ1v) is 8.41. The Hall–Kier alpha value is -1.16. The van der Waals surface area contributed by atoms with Crippen molar-refractivity contribution in [2.75, 3.05) is 31.1 Å². The summed E-state index contributed by atoms with van der Waals surface area (Å²) in [5, 5.41) is 0. The summed E-state index contributed by atoms with van der Waals surface area (Å²) in [6.45, 7) is 4.18. The van der Waals surface area contributed by atoms with Crippen molar-refractivity contribution in [1.29, 1.82) is 0 Å². The summed E-state index contributed by atoms with van der Waals surface area (Å²) in [5.41, 5.74) is 0. The maximum Gasteiger partial charge on any atom is 0.165 e. The lowest BCUT2D eigenvalue weighted by Crippen LogP contribution is -2.59. The van der Waals surface area contributed by atoms with E-state index >= 15 is 0 Å².